The van der Waals surface area contributed by atoms with Gasteiger partial charge in [0.15, 0.2) is 0 Å². The molecule has 0 radical (unpaired) electrons. The van der Waals surface area contributed by atoms with E-state index in [0.717, 1.165) is 5.56 Å². The number of nitrogens with one attached hydrogen (secondary N) is 1. The number of nitrogens with zero attached hydrogens (tertiary/aromatic N) is 3. The Morgan fingerprint density at radius 3 is 2.90 bits per heavy atom. The van der Waals surface area contributed by atoms with E-state index in [4.69, 9.17) is 0 Å². The molecule has 0 unspecified atom stereocenters. The van der Waals surface area contributed by atoms with Crippen LogP contribution in [-0.2, 0) is 11.2 Å². The zero-order valence-electron chi connectivity index (χ0n) is 11.5. The second-order valence-electron chi connectivity index (χ2n) is 5.55. The van der Waals surface area contributed by atoms with Crippen LogP contribution >= 0.6 is 0 Å². The summed E-state index contributed by atoms with van der Waals surface area (Å²) in [6.07, 6.45) is 4.72. The summed E-state index contributed by atoms with van der Waals surface area (Å²) < 4.78 is 0. The van der Waals surface area contributed by atoms with E-state index in [-0.39, 0.29) is 17.5 Å². The Hall–Kier alpha value is -2.11. The Bertz CT molecular complexity index is 525. The summed E-state index contributed by atoms with van der Waals surface area (Å²) >= 11 is 0. The third kappa shape index (κ3) is 2.11. The van der Waals surface area contributed by atoms with E-state index in [0.29, 0.717) is 32.5 Å². The number of likely N-dealkylation sites (tertiary alicyclic amines) is 1. The van der Waals surface area contributed by atoms with E-state index in [9.17, 15) is 9.59 Å². The van der Waals surface area contributed by atoms with Gasteiger partial charge in [-0.05, 0) is 18.1 Å². The van der Waals surface area contributed by atoms with Crippen molar-refractivity contribution in [3.8, 4) is 0 Å². The predicted octanol–water partition coefficient (Wildman–Crippen LogP) is 0.250. The largest absolute Gasteiger partial charge is 0.338 e. The van der Waals surface area contributed by atoms with Crippen LogP contribution < -0.4 is 5.32 Å². The number of aryl methyl sites for hydroxylation is 1. The van der Waals surface area contributed by atoms with Gasteiger partial charge in [-0.25, -0.2) is 4.79 Å². The first-order valence-electron chi connectivity index (χ1n) is 6.79. The maximum Gasteiger partial charge on any atom is 0.317 e. The Labute approximate surface area is 117 Å². The highest BCUT2D eigenvalue weighted by molar-refractivity contribution is 5.81. The number of rotatable bonds is 3. The molecule has 0 atom stereocenters. The van der Waals surface area contributed by atoms with Gasteiger partial charge in [-0.1, -0.05) is 6.07 Å². The molecule has 2 aliphatic rings. The topological polar surface area (TPSA) is 65.5 Å². The van der Waals surface area contributed by atoms with Gasteiger partial charge in [-0.2, -0.15) is 0 Å². The van der Waals surface area contributed by atoms with Crippen molar-refractivity contribution in [2.24, 2.45) is 0 Å². The molecule has 1 aromatic heterocycles. The molecule has 0 bridgehead atoms. The summed E-state index contributed by atoms with van der Waals surface area (Å²) in [4.78, 5) is 31.2. The van der Waals surface area contributed by atoms with Gasteiger partial charge in [-0.3, -0.25) is 9.78 Å². The van der Waals surface area contributed by atoms with Gasteiger partial charge >= 0.3 is 6.03 Å². The third-order valence-electron chi connectivity index (χ3n) is 4.26. The minimum absolute atomic E-state index is 0.0486. The fraction of sp³-hybridized carbons (Fsp3) is 0.500. The van der Waals surface area contributed by atoms with Crippen LogP contribution in [0.2, 0.25) is 0 Å². The Morgan fingerprint density at radius 1 is 1.50 bits per heavy atom. The minimum Gasteiger partial charge on any atom is -0.338 e. The predicted molar refractivity (Wildman–Crippen MR) is 73.0 cm³/mol. The average Bonchev–Trinajstić information content (AvgIpc) is 2.72. The zero-order valence-corrected chi connectivity index (χ0v) is 11.5. The van der Waals surface area contributed by atoms with E-state index in [1.807, 2.05) is 17.0 Å². The van der Waals surface area contributed by atoms with Crippen molar-refractivity contribution in [2.75, 3.05) is 26.7 Å². The molecule has 1 spiro atoms. The lowest BCUT2D eigenvalue weighted by Gasteiger charge is -2.50. The van der Waals surface area contributed by atoms with Crippen LogP contribution in [0.15, 0.2) is 24.5 Å². The van der Waals surface area contributed by atoms with Crippen LogP contribution in [0.3, 0.4) is 0 Å². The molecule has 3 amide bonds. The van der Waals surface area contributed by atoms with Gasteiger partial charge in [0.25, 0.3) is 0 Å². The van der Waals surface area contributed by atoms with Crippen molar-refractivity contribution in [2.45, 2.75) is 18.4 Å². The molecule has 2 saturated heterocycles. The number of likely N-dealkylation sites (N-methyl/N-ethyl adjacent to an activating group) is 1. The number of hydrogen-bond donors (Lipinski definition) is 1. The summed E-state index contributed by atoms with van der Waals surface area (Å²) in [7, 11) is 1.79. The van der Waals surface area contributed by atoms with E-state index < -0.39 is 0 Å². The molecule has 0 saturated carbocycles. The maximum atomic E-state index is 12.1. The average molecular weight is 274 g/mol. The monoisotopic (exact) mass is 274 g/mol. The fourth-order valence-corrected chi connectivity index (χ4v) is 2.81. The lowest BCUT2D eigenvalue weighted by Crippen LogP contribution is -2.70. The molecule has 1 N–H and O–H groups in total. The first-order chi connectivity index (χ1) is 9.61. The number of carbonyl (C=O) groups is 2. The molecule has 2 aliphatic heterocycles. The van der Waals surface area contributed by atoms with Gasteiger partial charge in [0, 0.05) is 45.5 Å². The number of urea groups is 1. The van der Waals surface area contributed by atoms with Crippen LogP contribution in [0.1, 0.15) is 12.0 Å². The van der Waals surface area contributed by atoms with Gasteiger partial charge in [-0.15, -0.1) is 0 Å². The number of amides is 3. The van der Waals surface area contributed by atoms with Crippen LogP contribution in [-0.4, -0.2) is 58.9 Å². The lowest BCUT2D eigenvalue weighted by atomic mass is 9.89. The quantitative estimate of drug-likeness (QED) is 0.859. The summed E-state index contributed by atoms with van der Waals surface area (Å²) in [5, 5.41) is 2.82. The smallest absolute Gasteiger partial charge is 0.317 e. The number of aromatic nitrogens is 1. The van der Waals surface area contributed by atoms with E-state index in [1.54, 1.807) is 24.3 Å². The normalized spacial score (nSPS) is 19.9. The summed E-state index contributed by atoms with van der Waals surface area (Å²) in [5.41, 5.74) is 0.895. The molecule has 106 valence electrons. The van der Waals surface area contributed by atoms with Crippen LogP contribution in [0.5, 0.6) is 0 Å². The first kappa shape index (κ1) is 12.9. The molecular formula is C14H18N4O2. The molecule has 0 aliphatic carbocycles. The van der Waals surface area contributed by atoms with Crippen LogP contribution in [0, 0.1) is 0 Å². The highest BCUT2D eigenvalue weighted by Gasteiger charge is 2.53. The van der Waals surface area contributed by atoms with Gasteiger partial charge in [0.2, 0.25) is 5.91 Å². The van der Waals surface area contributed by atoms with E-state index in [2.05, 4.69) is 10.3 Å². The van der Waals surface area contributed by atoms with Gasteiger partial charge in [0.1, 0.15) is 0 Å². The van der Waals surface area contributed by atoms with E-state index >= 15 is 0 Å². The first-order valence-corrected chi connectivity index (χ1v) is 6.79. The standard InChI is InChI=1S/C14H18N4O2/c1-17-13(20)16-8-14(17)9-18(10-14)12(19)5-4-11-3-2-6-15-7-11/h2-3,6-7H,4-5,8-10H2,1H3,(H,16,20). The Balaban J connectivity index is 1.50. The molecule has 3 heterocycles. The minimum atomic E-state index is -0.180. The molecule has 3 rings (SSSR count). The number of pyridine rings is 1. The van der Waals surface area contributed by atoms with Crippen molar-refractivity contribution in [1.82, 2.24) is 20.1 Å². The maximum absolute atomic E-state index is 12.1. The molecule has 20 heavy (non-hydrogen) atoms. The molecule has 1 aromatic rings. The van der Waals surface area contributed by atoms with Crippen molar-refractivity contribution in [3.63, 3.8) is 0 Å². The summed E-state index contributed by atoms with van der Waals surface area (Å²) in [6.45, 7) is 1.90. The molecule has 2 fully saturated rings. The highest BCUT2D eigenvalue weighted by Crippen LogP contribution is 2.30. The lowest BCUT2D eigenvalue weighted by molar-refractivity contribution is -0.141. The number of carbonyl (C=O) groups excluding carboxylic acids is 2. The molecule has 0 aromatic carbocycles. The molecule has 6 nitrogen and oxygen atoms in total. The van der Waals surface area contributed by atoms with Crippen molar-refractivity contribution in [3.05, 3.63) is 30.1 Å². The summed E-state index contributed by atoms with van der Waals surface area (Å²) in [5.74, 6) is 0.146. The molecule has 6 heteroatoms. The zero-order chi connectivity index (χ0) is 14.2. The van der Waals surface area contributed by atoms with Crippen molar-refractivity contribution < 1.29 is 9.59 Å². The highest BCUT2D eigenvalue weighted by atomic mass is 16.2. The number of hydrogen-bond acceptors (Lipinski definition) is 3. The Morgan fingerprint density at radius 2 is 2.30 bits per heavy atom. The van der Waals surface area contributed by atoms with Crippen LogP contribution in [0.4, 0.5) is 4.79 Å². The van der Waals surface area contributed by atoms with Gasteiger partial charge in [0.05, 0.1) is 5.54 Å². The van der Waals surface area contributed by atoms with Gasteiger partial charge < -0.3 is 15.1 Å². The van der Waals surface area contributed by atoms with E-state index in [1.165, 1.54) is 0 Å². The third-order valence-corrected chi connectivity index (χ3v) is 4.26. The van der Waals surface area contributed by atoms with Crippen molar-refractivity contribution in [1.29, 1.82) is 0 Å². The summed E-state index contributed by atoms with van der Waals surface area (Å²) in [6, 6.07) is 3.81. The van der Waals surface area contributed by atoms with Crippen LogP contribution in [0.25, 0.3) is 0 Å². The SMILES string of the molecule is CN1C(=O)NCC12CN(C(=O)CCc1cccnc1)C2. The molecular weight excluding hydrogens is 256 g/mol. The fourth-order valence-electron chi connectivity index (χ4n) is 2.81. The Kier molecular flexibility index (Phi) is 3.08. The second-order valence-corrected chi connectivity index (χ2v) is 5.55. The second kappa shape index (κ2) is 4.77. The van der Waals surface area contributed by atoms with Crippen molar-refractivity contribution >= 4 is 11.9 Å².